The van der Waals surface area contributed by atoms with E-state index in [9.17, 15) is 9.90 Å². The molecule has 0 fully saturated rings. The molecule has 0 aliphatic heterocycles. The van der Waals surface area contributed by atoms with Gasteiger partial charge in [-0.2, -0.15) is 0 Å². The first kappa shape index (κ1) is 21.3. The van der Waals surface area contributed by atoms with Crippen molar-refractivity contribution < 1.29 is 14.6 Å². The molecule has 0 radical (unpaired) electrons. The molecule has 0 aliphatic rings. The second-order valence-corrected chi connectivity index (χ2v) is 7.03. The molecular weight excluding hydrogens is 378 g/mol. The molecule has 1 heterocycles. The molecule has 2 aromatic carbocycles. The van der Waals surface area contributed by atoms with Crippen LogP contribution in [0.2, 0.25) is 0 Å². The van der Waals surface area contributed by atoms with Crippen LogP contribution in [0, 0.1) is 0 Å². The smallest absolute Gasteiger partial charge is 0.317 e. The Hall–Kier alpha value is -3.38. The number of ether oxygens (including phenoxy) is 1. The Kier molecular flexibility index (Phi) is 7.80. The first-order valence-electron chi connectivity index (χ1n) is 9.96. The third-order valence-electron chi connectivity index (χ3n) is 4.63. The average molecular weight is 405 g/mol. The molecule has 0 saturated heterocycles. The SMILES string of the molecule is CNc1cccc(CCOc2ccc(CN(CC(=O)O)Cc3ccccc3)cc2)n1. The van der Waals surface area contributed by atoms with Gasteiger partial charge in [0, 0.05) is 32.3 Å². The first-order valence-corrected chi connectivity index (χ1v) is 9.96. The standard InChI is InChI=1S/C24H27N3O3/c1-25-23-9-5-8-21(26-23)14-15-30-22-12-10-20(11-13-22)17-27(18-24(28)29)16-19-6-3-2-4-7-19/h2-13H,14-18H2,1H3,(H,25,26)(H,28,29). The molecule has 1 aromatic heterocycles. The topological polar surface area (TPSA) is 74.7 Å². The van der Waals surface area contributed by atoms with Crippen LogP contribution in [0.5, 0.6) is 5.75 Å². The molecular formula is C24H27N3O3. The van der Waals surface area contributed by atoms with Gasteiger partial charge in [-0.3, -0.25) is 9.69 Å². The van der Waals surface area contributed by atoms with E-state index in [-0.39, 0.29) is 6.54 Å². The highest BCUT2D eigenvalue weighted by atomic mass is 16.5. The van der Waals surface area contributed by atoms with Crippen LogP contribution in [0.3, 0.4) is 0 Å². The van der Waals surface area contributed by atoms with E-state index in [4.69, 9.17) is 4.74 Å². The maximum atomic E-state index is 11.2. The van der Waals surface area contributed by atoms with Crippen LogP contribution < -0.4 is 10.1 Å². The quantitative estimate of drug-likeness (QED) is 0.505. The molecule has 0 aliphatic carbocycles. The summed E-state index contributed by atoms with van der Waals surface area (Å²) in [4.78, 5) is 17.6. The molecule has 6 nitrogen and oxygen atoms in total. The van der Waals surface area contributed by atoms with E-state index in [0.717, 1.165) is 34.8 Å². The largest absolute Gasteiger partial charge is 0.493 e. The van der Waals surface area contributed by atoms with Gasteiger partial charge in [-0.1, -0.05) is 48.5 Å². The summed E-state index contributed by atoms with van der Waals surface area (Å²) in [5, 5.41) is 12.3. The van der Waals surface area contributed by atoms with Crippen molar-refractivity contribution in [2.45, 2.75) is 19.5 Å². The number of carboxylic acids is 1. The Balaban J connectivity index is 1.53. The van der Waals surface area contributed by atoms with Crippen LogP contribution in [0.15, 0.2) is 72.8 Å². The van der Waals surface area contributed by atoms with Gasteiger partial charge in [0.25, 0.3) is 0 Å². The summed E-state index contributed by atoms with van der Waals surface area (Å²) >= 11 is 0. The fourth-order valence-corrected chi connectivity index (χ4v) is 3.18. The van der Waals surface area contributed by atoms with E-state index in [1.54, 1.807) is 0 Å². The van der Waals surface area contributed by atoms with Crippen molar-refractivity contribution in [3.05, 3.63) is 89.6 Å². The molecule has 156 valence electrons. The van der Waals surface area contributed by atoms with Gasteiger partial charge in [-0.15, -0.1) is 0 Å². The normalized spacial score (nSPS) is 10.7. The lowest BCUT2D eigenvalue weighted by Gasteiger charge is -2.20. The minimum Gasteiger partial charge on any atom is -0.493 e. The third-order valence-corrected chi connectivity index (χ3v) is 4.63. The number of carbonyl (C=O) groups is 1. The van der Waals surface area contributed by atoms with Crippen molar-refractivity contribution in [2.75, 3.05) is 25.5 Å². The number of hydrogen-bond acceptors (Lipinski definition) is 5. The number of rotatable bonds is 11. The molecule has 0 bridgehead atoms. The number of aromatic nitrogens is 1. The minimum absolute atomic E-state index is 0.00811. The first-order chi connectivity index (χ1) is 14.6. The fraction of sp³-hybridized carbons (Fsp3) is 0.250. The van der Waals surface area contributed by atoms with Crippen molar-refractivity contribution >= 4 is 11.8 Å². The minimum atomic E-state index is -0.832. The molecule has 3 rings (SSSR count). The maximum absolute atomic E-state index is 11.2. The highest BCUT2D eigenvalue weighted by Crippen LogP contribution is 2.16. The molecule has 0 atom stereocenters. The molecule has 0 spiro atoms. The van der Waals surface area contributed by atoms with Crippen molar-refractivity contribution in [3.8, 4) is 5.75 Å². The summed E-state index contributed by atoms with van der Waals surface area (Å²) < 4.78 is 5.84. The number of hydrogen-bond donors (Lipinski definition) is 2. The number of nitrogens with zero attached hydrogens (tertiary/aromatic N) is 2. The third kappa shape index (κ3) is 6.90. The zero-order valence-corrected chi connectivity index (χ0v) is 17.1. The lowest BCUT2D eigenvalue weighted by Crippen LogP contribution is -2.28. The van der Waals surface area contributed by atoms with E-state index in [1.807, 2.05) is 84.7 Å². The number of anilines is 1. The van der Waals surface area contributed by atoms with E-state index >= 15 is 0 Å². The van der Waals surface area contributed by atoms with Gasteiger partial charge in [0.05, 0.1) is 13.2 Å². The summed E-state index contributed by atoms with van der Waals surface area (Å²) in [5.74, 6) is 0.802. The zero-order valence-electron chi connectivity index (χ0n) is 17.1. The van der Waals surface area contributed by atoms with Crippen molar-refractivity contribution in [1.82, 2.24) is 9.88 Å². The van der Waals surface area contributed by atoms with Crippen LogP contribution in [0.4, 0.5) is 5.82 Å². The lowest BCUT2D eigenvalue weighted by atomic mass is 10.1. The van der Waals surface area contributed by atoms with Crippen molar-refractivity contribution in [2.24, 2.45) is 0 Å². The molecule has 0 saturated carbocycles. The summed E-state index contributed by atoms with van der Waals surface area (Å²) in [6.07, 6.45) is 0.723. The molecule has 3 aromatic rings. The van der Waals surface area contributed by atoms with Gasteiger partial charge < -0.3 is 15.2 Å². The van der Waals surface area contributed by atoms with Gasteiger partial charge in [0.2, 0.25) is 0 Å². The summed E-state index contributed by atoms with van der Waals surface area (Å²) in [6, 6.07) is 23.6. The number of nitrogens with one attached hydrogen (secondary N) is 1. The van der Waals surface area contributed by atoms with Gasteiger partial charge in [0.1, 0.15) is 11.6 Å². The Bertz CT molecular complexity index is 930. The molecule has 0 amide bonds. The Morgan fingerprint density at radius 1 is 0.967 bits per heavy atom. The van der Waals surface area contributed by atoms with E-state index in [0.29, 0.717) is 19.7 Å². The maximum Gasteiger partial charge on any atom is 0.317 e. The van der Waals surface area contributed by atoms with E-state index in [2.05, 4.69) is 10.3 Å². The molecule has 30 heavy (non-hydrogen) atoms. The summed E-state index contributed by atoms with van der Waals surface area (Å²) in [7, 11) is 1.85. The molecule has 6 heteroatoms. The van der Waals surface area contributed by atoms with Gasteiger partial charge >= 0.3 is 5.97 Å². The highest BCUT2D eigenvalue weighted by Gasteiger charge is 2.11. The molecule has 2 N–H and O–H groups in total. The van der Waals surface area contributed by atoms with E-state index < -0.39 is 5.97 Å². The van der Waals surface area contributed by atoms with Gasteiger partial charge in [0.15, 0.2) is 0 Å². The number of aliphatic carboxylic acids is 1. The molecule has 0 unspecified atom stereocenters. The predicted octanol–water partition coefficient (Wildman–Crippen LogP) is 3.83. The van der Waals surface area contributed by atoms with Crippen molar-refractivity contribution in [1.29, 1.82) is 0 Å². The van der Waals surface area contributed by atoms with Crippen LogP contribution in [-0.2, 0) is 24.3 Å². The second-order valence-electron chi connectivity index (χ2n) is 7.03. The summed E-state index contributed by atoms with van der Waals surface area (Å²) in [5.41, 5.74) is 3.11. The van der Waals surface area contributed by atoms with Crippen LogP contribution >= 0.6 is 0 Å². The van der Waals surface area contributed by atoms with Crippen molar-refractivity contribution in [3.63, 3.8) is 0 Å². The summed E-state index contributed by atoms with van der Waals surface area (Å²) in [6.45, 7) is 1.68. The average Bonchev–Trinajstić information content (AvgIpc) is 2.75. The fourth-order valence-electron chi connectivity index (χ4n) is 3.18. The monoisotopic (exact) mass is 405 g/mol. The van der Waals surface area contributed by atoms with Crippen LogP contribution in [0.25, 0.3) is 0 Å². The lowest BCUT2D eigenvalue weighted by molar-refractivity contribution is -0.138. The predicted molar refractivity (Wildman–Crippen MR) is 118 cm³/mol. The van der Waals surface area contributed by atoms with Crippen LogP contribution in [-0.4, -0.2) is 41.2 Å². The van der Waals surface area contributed by atoms with Gasteiger partial charge in [-0.25, -0.2) is 4.98 Å². The number of benzene rings is 2. The van der Waals surface area contributed by atoms with Gasteiger partial charge in [-0.05, 0) is 35.4 Å². The second kappa shape index (κ2) is 11.0. The highest BCUT2D eigenvalue weighted by molar-refractivity contribution is 5.69. The number of pyridine rings is 1. The Morgan fingerprint density at radius 3 is 2.33 bits per heavy atom. The zero-order chi connectivity index (χ0) is 21.2. The van der Waals surface area contributed by atoms with E-state index in [1.165, 1.54) is 0 Å². The van der Waals surface area contributed by atoms with Crippen LogP contribution in [0.1, 0.15) is 16.8 Å². The Labute approximate surface area is 177 Å². The Morgan fingerprint density at radius 2 is 1.67 bits per heavy atom. The number of carboxylic acid groups (broad SMARTS) is 1.